The number of hydrogen-bond acceptors (Lipinski definition) is 5. The van der Waals surface area contributed by atoms with Crippen LogP contribution in [0, 0.1) is 5.92 Å². The van der Waals surface area contributed by atoms with Gasteiger partial charge >= 0.3 is 0 Å². The van der Waals surface area contributed by atoms with Gasteiger partial charge in [0.25, 0.3) is 0 Å². The second-order valence-electron chi connectivity index (χ2n) is 5.60. The normalized spacial score (nSPS) is 18.5. The van der Waals surface area contributed by atoms with Crippen LogP contribution >= 0.6 is 0 Å². The molecule has 2 aromatic rings. The molecule has 1 fully saturated rings. The van der Waals surface area contributed by atoms with Crippen LogP contribution in [0.5, 0.6) is 0 Å². The van der Waals surface area contributed by atoms with Gasteiger partial charge in [0.2, 0.25) is 5.89 Å². The summed E-state index contributed by atoms with van der Waals surface area (Å²) >= 11 is 0. The highest BCUT2D eigenvalue weighted by molar-refractivity contribution is 5.14. The smallest absolute Gasteiger partial charge is 0.248 e. The molecule has 0 atom stereocenters. The predicted octanol–water partition coefficient (Wildman–Crippen LogP) is 1.54. The Morgan fingerprint density at radius 2 is 2.11 bits per heavy atom. The fourth-order valence-corrected chi connectivity index (χ4v) is 2.69. The molecule has 0 radical (unpaired) electrons. The average Bonchev–Trinajstić information content (AvgIpc) is 2.98. The van der Waals surface area contributed by atoms with Crippen LogP contribution in [0.15, 0.2) is 4.52 Å². The van der Waals surface area contributed by atoms with Crippen LogP contribution < -0.4 is 0 Å². The fourth-order valence-electron chi connectivity index (χ4n) is 2.69. The number of hydrogen-bond donors (Lipinski definition) is 0. The molecule has 19 heavy (non-hydrogen) atoms. The van der Waals surface area contributed by atoms with Crippen LogP contribution in [-0.4, -0.2) is 25.1 Å². The molecule has 2 heterocycles. The average molecular weight is 259 g/mol. The molecule has 0 amide bonds. The number of aryl methyl sites for hydroxylation is 1. The third kappa shape index (κ3) is 2.27. The van der Waals surface area contributed by atoms with Crippen LogP contribution in [-0.2, 0) is 25.8 Å². The quantitative estimate of drug-likeness (QED) is 0.833. The lowest BCUT2D eigenvalue weighted by Gasteiger charge is -2.10. The molecule has 0 spiro atoms. The van der Waals surface area contributed by atoms with Gasteiger partial charge in [0.05, 0.1) is 11.4 Å². The summed E-state index contributed by atoms with van der Waals surface area (Å²) in [5, 5.41) is 12.5. The molecular weight excluding hydrogens is 242 g/mol. The molecule has 0 aliphatic heterocycles. The van der Waals surface area contributed by atoms with Gasteiger partial charge in [0.15, 0.2) is 5.82 Å². The summed E-state index contributed by atoms with van der Waals surface area (Å²) < 4.78 is 7.23. The van der Waals surface area contributed by atoms with Crippen LogP contribution in [0.25, 0.3) is 0 Å². The lowest BCUT2D eigenvalue weighted by molar-refractivity contribution is 0.357. The summed E-state index contributed by atoms with van der Waals surface area (Å²) in [6, 6.07) is 0. The SMILES string of the molecule is C1CCc2c(nnn2Cc2nc(CC3CC3)no2)C1. The Kier molecular flexibility index (Phi) is 2.60. The van der Waals surface area contributed by atoms with Gasteiger partial charge in [-0.05, 0) is 44.4 Å². The number of fused-ring (bicyclic) bond motifs is 1. The van der Waals surface area contributed by atoms with Crippen molar-refractivity contribution in [2.45, 2.75) is 51.5 Å². The lowest BCUT2D eigenvalue weighted by Crippen LogP contribution is -2.10. The summed E-state index contributed by atoms with van der Waals surface area (Å²) in [7, 11) is 0. The fraction of sp³-hybridized carbons (Fsp3) is 0.692. The largest absolute Gasteiger partial charge is 0.337 e. The number of nitrogens with zero attached hydrogens (tertiary/aromatic N) is 5. The van der Waals surface area contributed by atoms with E-state index in [9.17, 15) is 0 Å². The molecule has 0 bridgehead atoms. The summed E-state index contributed by atoms with van der Waals surface area (Å²) in [5.74, 6) is 2.27. The molecule has 0 aromatic carbocycles. The van der Waals surface area contributed by atoms with E-state index in [-0.39, 0.29) is 0 Å². The summed E-state index contributed by atoms with van der Waals surface area (Å²) in [4.78, 5) is 4.45. The highest BCUT2D eigenvalue weighted by atomic mass is 16.5. The van der Waals surface area contributed by atoms with Gasteiger partial charge in [-0.3, -0.25) is 0 Å². The van der Waals surface area contributed by atoms with Crippen LogP contribution in [0.3, 0.4) is 0 Å². The van der Waals surface area contributed by atoms with Crippen LogP contribution in [0.1, 0.15) is 48.8 Å². The Labute approximate surface area is 111 Å². The molecule has 1 saturated carbocycles. The van der Waals surface area contributed by atoms with E-state index in [1.54, 1.807) is 0 Å². The van der Waals surface area contributed by atoms with Crippen molar-refractivity contribution in [3.63, 3.8) is 0 Å². The molecular formula is C13H17N5O. The third-order valence-corrected chi connectivity index (χ3v) is 3.96. The van der Waals surface area contributed by atoms with Crippen molar-refractivity contribution in [3.05, 3.63) is 23.1 Å². The maximum absolute atomic E-state index is 5.31. The van der Waals surface area contributed by atoms with E-state index >= 15 is 0 Å². The topological polar surface area (TPSA) is 69.6 Å². The maximum atomic E-state index is 5.31. The first-order valence-corrected chi connectivity index (χ1v) is 7.11. The van der Waals surface area contributed by atoms with E-state index in [0.29, 0.717) is 12.4 Å². The first kappa shape index (κ1) is 11.1. The minimum Gasteiger partial charge on any atom is -0.337 e. The van der Waals surface area contributed by atoms with Gasteiger partial charge in [0, 0.05) is 6.42 Å². The monoisotopic (exact) mass is 259 g/mol. The Morgan fingerprint density at radius 3 is 3.00 bits per heavy atom. The first-order chi connectivity index (χ1) is 9.38. The van der Waals surface area contributed by atoms with Crippen LogP contribution in [0.4, 0.5) is 0 Å². The molecule has 6 nitrogen and oxygen atoms in total. The van der Waals surface area contributed by atoms with E-state index in [1.807, 2.05) is 4.68 Å². The van der Waals surface area contributed by atoms with Crippen LogP contribution in [0.2, 0.25) is 0 Å². The summed E-state index contributed by atoms with van der Waals surface area (Å²) in [6.07, 6.45) is 8.12. The summed E-state index contributed by atoms with van der Waals surface area (Å²) in [5.41, 5.74) is 2.39. The molecule has 2 aromatic heterocycles. The van der Waals surface area contributed by atoms with Gasteiger partial charge in [-0.1, -0.05) is 10.4 Å². The van der Waals surface area contributed by atoms with E-state index in [0.717, 1.165) is 36.7 Å². The van der Waals surface area contributed by atoms with Crippen molar-refractivity contribution in [2.24, 2.45) is 5.92 Å². The third-order valence-electron chi connectivity index (χ3n) is 3.96. The van der Waals surface area contributed by atoms with Crippen molar-refractivity contribution < 1.29 is 4.52 Å². The minimum absolute atomic E-state index is 0.556. The number of aromatic nitrogens is 5. The Hall–Kier alpha value is -1.72. The molecule has 6 heteroatoms. The van der Waals surface area contributed by atoms with Crippen molar-refractivity contribution in [3.8, 4) is 0 Å². The second kappa shape index (κ2) is 4.43. The van der Waals surface area contributed by atoms with Gasteiger partial charge in [-0.25, -0.2) is 4.68 Å². The molecule has 100 valence electrons. The lowest BCUT2D eigenvalue weighted by atomic mass is 10.0. The Bertz CT molecular complexity index is 584. The number of rotatable bonds is 4. The molecule has 2 aliphatic carbocycles. The molecule has 0 N–H and O–H groups in total. The van der Waals surface area contributed by atoms with E-state index in [1.165, 1.54) is 31.4 Å². The van der Waals surface area contributed by atoms with Crippen molar-refractivity contribution in [2.75, 3.05) is 0 Å². The highest BCUT2D eigenvalue weighted by Gasteiger charge is 2.24. The molecule has 0 saturated heterocycles. The van der Waals surface area contributed by atoms with Gasteiger partial charge in [-0.15, -0.1) is 5.10 Å². The Balaban J connectivity index is 1.50. The highest BCUT2D eigenvalue weighted by Crippen LogP contribution is 2.31. The van der Waals surface area contributed by atoms with Crippen molar-refractivity contribution in [1.29, 1.82) is 0 Å². The molecule has 0 unspecified atom stereocenters. The Morgan fingerprint density at radius 1 is 1.21 bits per heavy atom. The van der Waals surface area contributed by atoms with E-state index in [4.69, 9.17) is 4.52 Å². The minimum atomic E-state index is 0.556. The maximum Gasteiger partial charge on any atom is 0.248 e. The zero-order chi connectivity index (χ0) is 12.7. The first-order valence-electron chi connectivity index (χ1n) is 7.11. The van der Waals surface area contributed by atoms with Crippen molar-refractivity contribution in [1.82, 2.24) is 25.1 Å². The molecule has 4 rings (SSSR count). The zero-order valence-electron chi connectivity index (χ0n) is 10.9. The van der Waals surface area contributed by atoms with Gasteiger partial charge in [-0.2, -0.15) is 4.98 Å². The predicted molar refractivity (Wildman–Crippen MR) is 66.5 cm³/mol. The standard InChI is InChI=1S/C13H17N5O/c1-2-4-11-10(3-1)15-17-18(11)8-13-14-12(16-19-13)7-9-5-6-9/h9H,1-8H2. The summed E-state index contributed by atoms with van der Waals surface area (Å²) in [6.45, 7) is 0.556. The van der Waals surface area contributed by atoms with Gasteiger partial charge < -0.3 is 4.52 Å². The van der Waals surface area contributed by atoms with Gasteiger partial charge in [0.1, 0.15) is 6.54 Å². The van der Waals surface area contributed by atoms with E-state index < -0.39 is 0 Å². The van der Waals surface area contributed by atoms with Crippen molar-refractivity contribution >= 4 is 0 Å². The second-order valence-corrected chi connectivity index (χ2v) is 5.60. The van der Waals surface area contributed by atoms with E-state index in [2.05, 4.69) is 20.5 Å². The zero-order valence-corrected chi connectivity index (χ0v) is 10.9. The molecule has 2 aliphatic rings.